The van der Waals surface area contributed by atoms with Crippen molar-refractivity contribution < 1.29 is 0 Å². The van der Waals surface area contributed by atoms with Gasteiger partial charge in [-0.3, -0.25) is 4.98 Å². The van der Waals surface area contributed by atoms with E-state index in [1.807, 2.05) is 25.3 Å². The minimum atomic E-state index is 0. The summed E-state index contributed by atoms with van der Waals surface area (Å²) >= 11 is 0. The fraction of sp³-hybridized carbons (Fsp3) is 0.286. The second-order valence-corrected chi connectivity index (χ2v) is 1.53. The van der Waals surface area contributed by atoms with Gasteiger partial charge in [0.15, 0.2) is 0 Å². The van der Waals surface area contributed by atoms with E-state index in [1.54, 1.807) is 6.20 Å². The molecule has 0 radical (unpaired) electrons. The molecule has 0 saturated heterocycles. The zero-order valence-electron chi connectivity index (χ0n) is 4.26. The molecule has 1 rings (SSSR count). The lowest BCUT2D eigenvalue weighted by Crippen LogP contribution is -1.69. The molecule has 0 N–H and O–H groups in total. The number of aromatic nitrogens is 1. The van der Waals surface area contributed by atoms with Crippen LogP contribution in [0.25, 0.3) is 0 Å². The lowest BCUT2D eigenvalue weighted by atomic mass is 10.3. The fourth-order valence-electron chi connectivity index (χ4n) is 0.448. The van der Waals surface area contributed by atoms with Crippen molar-refractivity contribution in [2.75, 3.05) is 0 Å². The van der Waals surface area contributed by atoms with E-state index in [-0.39, 0.29) is 7.43 Å². The summed E-state index contributed by atoms with van der Waals surface area (Å²) in [5.41, 5.74) is 1.21. The van der Waals surface area contributed by atoms with E-state index in [1.165, 1.54) is 5.56 Å². The van der Waals surface area contributed by atoms with Crippen LogP contribution >= 0.6 is 0 Å². The Morgan fingerprint density at radius 2 is 2.25 bits per heavy atom. The number of pyridine rings is 1. The molecule has 1 heteroatoms. The Hall–Kier alpha value is -0.850. The molecule has 0 aromatic carbocycles. The van der Waals surface area contributed by atoms with Gasteiger partial charge < -0.3 is 0 Å². The molecule has 1 aromatic heterocycles. The average Bonchev–Trinajstić information content (AvgIpc) is 1.69. The van der Waals surface area contributed by atoms with E-state index >= 15 is 0 Å². The summed E-state index contributed by atoms with van der Waals surface area (Å²) in [5.74, 6) is 0. The van der Waals surface area contributed by atoms with Crippen molar-refractivity contribution in [2.24, 2.45) is 0 Å². The smallest absolute Gasteiger partial charge is 0.0297 e. The molecule has 0 fully saturated rings. The first kappa shape index (κ1) is 7.15. The Kier molecular flexibility index (Phi) is 2.85. The summed E-state index contributed by atoms with van der Waals surface area (Å²) in [4.78, 5) is 3.88. The van der Waals surface area contributed by atoms with Crippen molar-refractivity contribution in [3.8, 4) is 0 Å². The third-order valence-corrected chi connectivity index (χ3v) is 0.809. The van der Waals surface area contributed by atoms with Gasteiger partial charge in [0, 0.05) is 12.4 Å². The summed E-state index contributed by atoms with van der Waals surface area (Å²) in [6.45, 7) is 2.02. The van der Waals surface area contributed by atoms with Crippen LogP contribution in [-0.4, -0.2) is 4.98 Å². The largest absolute Gasteiger partial charge is 0.264 e. The minimum Gasteiger partial charge on any atom is -0.264 e. The molecular formula is C7H11N. The molecule has 0 atom stereocenters. The van der Waals surface area contributed by atoms with Crippen LogP contribution in [0.4, 0.5) is 0 Å². The molecule has 0 saturated carbocycles. The van der Waals surface area contributed by atoms with Gasteiger partial charge in [-0.2, -0.15) is 0 Å². The maximum atomic E-state index is 3.88. The van der Waals surface area contributed by atoms with Crippen LogP contribution in [0.5, 0.6) is 0 Å². The predicted octanol–water partition coefficient (Wildman–Crippen LogP) is 2.03. The summed E-state index contributed by atoms with van der Waals surface area (Å²) in [5, 5.41) is 0. The van der Waals surface area contributed by atoms with Crippen LogP contribution in [0.3, 0.4) is 0 Å². The molecule has 1 heterocycles. The van der Waals surface area contributed by atoms with Gasteiger partial charge >= 0.3 is 0 Å². The zero-order chi connectivity index (χ0) is 5.11. The van der Waals surface area contributed by atoms with Gasteiger partial charge in [-0.05, 0) is 18.6 Å². The predicted molar refractivity (Wildman–Crippen MR) is 35.7 cm³/mol. The molecule has 44 valence electrons. The van der Waals surface area contributed by atoms with Gasteiger partial charge in [0.25, 0.3) is 0 Å². The first-order valence-electron chi connectivity index (χ1n) is 2.26. The SMILES string of the molecule is C.Cc1cccnc1. The molecule has 8 heavy (non-hydrogen) atoms. The van der Waals surface area contributed by atoms with Gasteiger partial charge in [-0.15, -0.1) is 0 Å². The molecule has 0 bridgehead atoms. The lowest BCUT2D eigenvalue weighted by Gasteiger charge is -1.82. The van der Waals surface area contributed by atoms with E-state index in [9.17, 15) is 0 Å². The molecule has 0 unspecified atom stereocenters. The van der Waals surface area contributed by atoms with Crippen molar-refractivity contribution in [3.63, 3.8) is 0 Å². The Bertz CT molecular complexity index is 134. The van der Waals surface area contributed by atoms with Crippen molar-refractivity contribution >= 4 is 0 Å². The van der Waals surface area contributed by atoms with Crippen LogP contribution in [0.1, 0.15) is 13.0 Å². The molecule has 1 nitrogen and oxygen atoms in total. The topological polar surface area (TPSA) is 12.9 Å². The van der Waals surface area contributed by atoms with E-state index in [0.29, 0.717) is 0 Å². The van der Waals surface area contributed by atoms with Gasteiger partial charge in [-0.25, -0.2) is 0 Å². The Morgan fingerprint density at radius 3 is 2.50 bits per heavy atom. The molecule has 0 aliphatic rings. The Morgan fingerprint density at radius 1 is 1.50 bits per heavy atom. The second kappa shape index (κ2) is 3.19. The van der Waals surface area contributed by atoms with E-state index in [0.717, 1.165) is 0 Å². The number of rotatable bonds is 0. The standard InChI is InChI=1S/C6H7N.CH4/c1-6-3-2-4-7-5-6;/h2-5H,1H3;1H4. The highest BCUT2D eigenvalue weighted by Crippen LogP contribution is 1.88. The van der Waals surface area contributed by atoms with Crippen LogP contribution in [0.15, 0.2) is 24.5 Å². The highest BCUT2D eigenvalue weighted by Gasteiger charge is 1.73. The van der Waals surface area contributed by atoms with Crippen molar-refractivity contribution in [1.29, 1.82) is 0 Å². The Labute approximate surface area is 50.4 Å². The second-order valence-electron chi connectivity index (χ2n) is 1.53. The van der Waals surface area contributed by atoms with Gasteiger partial charge in [0.05, 0.1) is 0 Å². The summed E-state index contributed by atoms with van der Waals surface area (Å²) < 4.78 is 0. The van der Waals surface area contributed by atoms with Crippen molar-refractivity contribution in [2.45, 2.75) is 14.4 Å². The van der Waals surface area contributed by atoms with Crippen LogP contribution < -0.4 is 0 Å². The van der Waals surface area contributed by atoms with Gasteiger partial charge in [-0.1, -0.05) is 13.5 Å². The van der Waals surface area contributed by atoms with Crippen LogP contribution in [0.2, 0.25) is 0 Å². The maximum absolute atomic E-state index is 3.88. The number of hydrogen-bond donors (Lipinski definition) is 0. The first-order valence-corrected chi connectivity index (χ1v) is 2.26. The maximum Gasteiger partial charge on any atom is 0.0297 e. The van der Waals surface area contributed by atoms with E-state index in [2.05, 4.69) is 4.98 Å². The van der Waals surface area contributed by atoms with Gasteiger partial charge in [0.2, 0.25) is 0 Å². The summed E-state index contributed by atoms with van der Waals surface area (Å²) in [7, 11) is 0. The molecule has 0 aliphatic carbocycles. The summed E-state index contributed by atoms with van der Waals surface area (Å²) in [6, 6.07) is 3.95. The average molecular weight is 109 g/mol. The summed E-state index contributed by atoms with van der Waals surface area (Å²) in [6.07, 6.45) is 3.60. The molecule has 0 aliphatic heterocycles. The van der Waals surface area contributed by atoms with Crippen LogP contribution in [0, 0.1) is 6.92 Å². The number of hydrogen-bond acceptors (Lipinski definition) is 1. The third kappa shape index (κ3) is 1.73. The monoisotopic (exact) mass is 109 g/mol. The molecule has 0 amide bonds. The fourth-order valence-corrected chi connectivity index (χ4v) is 0.448. The highest BCUT2D eigenvalue weighted by molar-refractivity contribution is 5.04. The van der Waals surface area contributed by atoms with Crippen LogP contribution in [-0.2, 0) is 0 Å². The van der Waals surface area contributed by atoms with Crippen molar-refractivity contribution in [1.82, 2.24) is 4.98 Å². The zero-order valence-corrected chi connectivity index (χ0v) is 4.26. The lowest BCUT2D eigenvalue weighted by molar-refractivity contribution is 1.27. The number of aryl methyl sites for hydroxylation is 1. The molecular weight excluding hydrogens is 98.1 g/mol. The number of nitrogens with zero attached hydrogens (tertiary/aromatic N) is 1. The molecule has 1 aromatic rings. The quantitative estimate of drug-likeness (QED) is 0.496. The molecule has 0 spiro atoms. The highest BCUT2D eigenvalue weighted by atomic mass is 14.6. The van der Waals surface area contributed by atoms with Gasteiger partial charge in [0.1, 0.15) is 0 Å². The van der Waals surface area contributed by atoms with Crippen molar-refractivity contribution in [3.05, 3.63) is 30.1 Å². The normalized spacial score (nSPS) is 7.62. The third-order valence-electron chi connectivity index (χ3n) is 0.809. The van der Waals surface area contributed by atoms with E-state index in [4.69, 9.17) is 0 Å². The Balaban J connectivity index is 0.000000490. The first-order chi connectivity index (χ1) is 3.39. The minimum absolute atomic E-state index is 0. The van der Waals surface area contributed by atoms with E-state index < -0.39 is 0 Å².